The van der Waals surface area contributed by atoms with Crippen LogP contribution in [0.5, 0.6) is 0 Å². The molecule has 0 aromatic heterocycles. The highest BCUT2D eigenvalue weighted by Gasteiger charge is 2.18. The van der Waals surface area contributed by atoms with Gasteiger partial charge in [0.05, 0.1) is 12.2 Å². The Morgan fingerprint density at radius 2 is 2.33 bits per heavy atom. The number of benzene rings is 1. The topological polar surface area (TPSA) is 50.1 Å². The molecule has 3 nitrogen and oxygen atoms in total. The summed E-state index contributed by atoms with van der Waals surface area (Å²) in [5.41, 5.74) is -0.419. The van der Waals surface area contributed by atoms with E-state index in [0.29, 0.717) is 4.47 Å². The van der Waals surface area contributed by atoms with E-state index in [1.165, 1.54) is 12.1 Å². The van der Waals surface area contributed by atoms with Gasteiger partial charge < -0.3 is 4.74 Å². The molecule has 0 aliphatic carbocycles. The lowest BCUT2D eigenvalue weighted by atomic mass is 10.1. The van der Waals surface area contributed by atoms with Crippen molar-refractivity contribution in [3.8, 4) is 6.07 Å². The molecule has 0 atom stereocenters. The third-order valence-corrected chi connectivity index (χ3v) is 2.36. The summed E-state index contributed by atoms with van der Waals surface area (Å²) in [6.07, 6.45) is 0. The van der Waals surface area contributed by atoms with Crippen molar-refractivity contribution in [2.75, 3.05) is 6.61 Å². The lowest BCUT2D eigenvalue weighted by Gasteiger charge is -2.04. The largest absolute Gasteiger partial charge is 0.462 e. The average Bonchev–Trinajstić information content (AvgIpc) is 2.18. The second-order valence-corrected chi connectivity index (χ2v) is 3.47. The molecule has 0 spiro atoms. The fourth-order valence-corrected chi connectivity index (χ4v) is 1.42. The second-order valence-electron chi connectivity index (χ2n) is 2.62. The van der Waals surface area contributed by atoms with Crippen LogP contribution < -0.4 is 0 Å². The van der Waals surface area contributed by atoms with E-state index in [0.717, 1.165) is 0 Å². The quantitative estimate of drug-likeness (QED) is 0.777. The molecular formula is C10H7BrFNO2. The molecule has 78 valence electrons. The normalized spacial score (nSPS) is 9.47. The zero-order valence-corrected chi connectivity index (χ0v) is 9.47. The number of ether oxygens (including phenoxy) is 1. The summed E-state index contributed by atoms with van der Waals surface area (Å²) >= 11 is 3.01. The van der Waals surface area contributed by atoms with Gasteiger partial charge in [-0.05, 0) is 35.0 Å². The van der Waals surface area contributed by atoms with E-state index in [1.807, 2.05) is 0 Å². The Bertz CT molecular complexity index is 440. The van der Waals surface area contributed by atoms with Crippen LogP contribution >= 0.6 is 15.9 Å². The van der Waals surface area contributed by atoms with Crippen molar-refractivity contribution in [2.45, 2.75) is 6.92 Å². The number of hydrogen-bond acceptors (Lipinski definition) is 3. The van der Waals surface area contributed by atoms with E-state index in [1.54, 1.807) is 13.0 Å². The monoisotopic (exact) mass is 271 g/mol. The third kappa shape index (κ3) is 2.34. The predicted octanol–water partition coefficient (Wildman–Crippen LogP) is 2.64. The standard InChI is InChI=1S/C10H7BrFNO2/c1-2-15-10(14)6-3-4-8(11)7(5-13)9(6)12/h3-4H,2H2,1H3. The summed E-state index contributed by atoms with van der Waals surface area (Å²) < 4.78 is 18.5. The van der Waals surface area contributed by atoms with Gasteiger partial charge in [-0.3, -0.25) is 0 Å². The minimum absolute atomic E-state index is 0.163. The molecule has 5 heteroatoms. The van der Waals surface area contributed by atoms with Gasteiger partial charge in [-0.2, -0.15) is 5.26 Å². The maximum Gasteiger partial charge on any atom is 0.341 e. The summed E-state index contributed by atoms with van der Waals surface area (Å²) in [5.74, 6) is -1.62. The van der Waals surface area contributed by atoms with Crippen LogP contribution in [-0.2, 0) is 4.74 Å². The first-order valence-corrected chi connectivity index (χ1v) is 4.96. The molecule has 0 aliphatic heterocycles. The van der Waals surface area contributed by atoms with Crippen molar-refractivity contribution in [3.05, 3.63) is 33.5 Å². The van der Waals surface area contributed by atoms with Crippen LogP contribution in [0.15, 0.2) is 16.6 Å². The first-order chi connectivity index (χ1) is 7.11. The molecule has 1 rings (SSSR count). The predicted molar refractivity (Wildman–Crippen MR) is 54.8 cm³/mol. The molecule has 0 unspecified atom stereocenters. The van der Waals surface area contributed by atoms with E-state index < -0.39 is 11.8 Å². The molecule has 0 amide bonds. The first kappa shape index (κ1) is 11.7. The Balaban J connectivity index is 3.23. The highest BCUT2D eigenvalue weighted by atomic mass is 79.9. The SMILES string of the molecule is CCOC(=O)c1ccc(Br)c(C#N)c1F. The molecule has 0 bridgehead atoms. The van der Waals surface area contributed by atoms with Gasteiger partial charge in [0, 0.05) is 4.47 Å². The van der Waals surface area contributed by atoms with Gasteiger partial charge in [-0.1, -0.05) is 0 Å². The van der Waals surface area contributed by atoms with Crippen molar-refractivity contribution in [2.24, 2.45) is 0 Å². The molecule has 0 heterocycles. The van der Waals surface area contributed by atoms with Crippen molar-refractivity contribution in [3.63, 3.8) is 0 Å². The zero-order chi connectivity index (χ0) is 11.4. The van der Waals surface area contributed by atoms with Gasteiger partial charge in [0.1, 0.15) is 11.6 Å². The third-order valence-electron chi connectivity index (χ3n) is 1.70. The highest BCUT2D eigenvalue weighted by Crippen LogP contribution is 2.22. The number of rotatable bonds is 2. The lowest BCUT2D eigenvalue weighted by Crippen LogP contribution is -2.08. The van der Waals surface area contributed by atoms with Gasteiger partial charge in [-0.25, -0.2) is 9.18 Å². The first-order valence-electron chi connectivity index (χ1n) is 4.17. The van der Waals surface area contributed by atoms with Crippen LogP contribution in [0.4, 0.5) is 4.39 Å². The number of halogens is 2. The number of carbonyl (C=O) groups excluding carboxylic acids is 1. The number of carbonyl (C=O) groups is 1. The van der Waals surface area contributed by atoms with Crippen molar-refractivity contribution >= 4 is 21.9 Å². The number of nitrogens with zero attached hydrogens (tertiary/aromatic N) is 1. The van der Waals surface area contributed by atoms with E-state index in [4.69, 9.17) is 5.26 Å². The Hall–Kier alpha value is -1.41. The molecule has 15 heavy (non-hydrogen) atoms. The minimum atomic E-state index is -0.856. The smallest absolute Gasteiger partial charge is 0.341 e. The summed E-state index contributed by atoms with van der Waals surface area (Å²) in [4.78, 5) is 11.3. The van der Waals surface area contributed by atoms with Crippen LogP contribution in [-0.4, -0.2) is 12.6 Å². The van der Waals surface area contributed by atoms with Crippen molar-refractivity contribution in [1.82, 2.24) is 0 Å². The number of nitriles is 1. The molecule has 0 saturated carbocycles. The molecule has 0 fully saturated rings. The van der Waals surface area contributed by atoms with Crippen LogP contribution in [0, 0.1) is 17.1 Å². The van der Waals surface area contributed by atoms with E-state index in [9.17, 15) is 9.18 Å². The highest BCUT2D eigenvalue weighted by molar-refractivity contribution is 9.10. The van der Waals surface area contributed by atoms with E-state index in [-0.39, 0.29) is 17.7 Å². The number of hydrogen-bond donors (Lipinski definition) is 0. The Kier molecular flexibility index (Phi) is 3.81. The average molecular weight is 272 g/mol. The fourth-order valence-electron chi connectivity index (χ4n) is 1.02. The van der Waals surface area contributed by atoms with E-state index in [2.05, 4.69) is 20.7 Å². The molecular weight excluding hydrogens is 265 g/mol. The van der Waals surface area contributed by atoms with Crippen LogP contribution in [0.1, 0.15) is 22.8 Å². The Morgan fingerprint density at radius 3 is 2.87 bits per heavy atom. The molecule has 1 aromatic carbocycles. The molecule has 0 N–H and O–H groups in total. The van der Waals surface area contributed by atoms with E-state index >= 15 is 0 Å². The summed E-state index contributed by atoms with van der Waals surface area (Å²) in [5, 5.41) is 8.66. The van der Waals surface area contributed by atoms with Gasteiger partial charge >= 0.3 is 5.97 Å². The molecule has 0 aliphatic rings. The Labute approximate surface area is 94.6 Å². The van der Waals surface area contributed by atoms with Crippen LogP contribution in [0.25, 0.3) is 0 Å². The van der Waals surface area contributed by atoms with Crippen LogP contribution in [0.3, 0.4) is 0 Å². The maximum atomic E-state index is 13.6. The van der Waals surface area contributed by atoms with Crippen molar-refractivity contribution in [1.29, 1.82) is 5.26 Å². The minimum Gasteiger partial charge on any atom is -0.462 e. The summed E-state index contributed by atoms with van der Waals surface area (Å²) in [6.45, 7) is 1.79. The second kappa shape index (κ2) is 4.89. The van der Waals surface area contributed by atoms with Gasteiger partial charge in [-0.15, -0.1) is 0 Å². The van der Waals surface area contributed by atoms with Crippen LogP contribution in [0.2, 0.25) is 0 Å². The summed E-state index contributed by atoms with van der Waals surface area (Å²) in [6, 6.07) is 4.39. The lowest BCUT2D eigenvalue weighted by molar-refractivity contribution is 0.0521. The molecule has 0 radical (unpaired) electrons. The maximum absolute atomic E-state index is 13.6. The number of esters is 1. The molecule has 0 saturated heterocycles. The van der Waals surface area contributed by atoms with Crippen molar-refractivity contribution < 1.29 is 13.9 Å². The summed E-state index contributed by atoms with van der Waals surface area (Å²) in [7, 11) is 0. The van der Waals surface area contributed by atoms with Gasteiger partial charge in [0.15, 0.2) is 5.82 Å². The molecule has 1 aromatic rings. The van der Waals surface area contributed by atoms with Gasteiger partial charge in [0.25, 0.3) is 0 Å². The zero-order valence-electron chi connectivity index (χ0n) is 7.88. The van der Waals surface area contributed by atoms with Gasteiger partial charge in [0.2, 0.25) is 0 Å². The fraction of sp³-hybridized carbons (Fsp3) is 0.200. The Morgan fingerprint density at radius 1 is 1.67 bits per heavy atom.